The van der Waals surface area contributed by atoms with Crippen LogP contribution in [0.3, 0.4) is 0 Å². The van der Waals surface area contributed by atoms with Crippen LogP contribution in [0.5, 0.6) is 0 Å². The molecule has 4 rings (SSSR count). The van der Waals surface area contributed by atoms with Crippen molar-refractivity contribution in [1.29, 1.82) is 0 Å². The third-order valence-electron chi connectivity index (χ3n) is 4.75. The minimum atomic E-state index is -4.52. The standard InChI is InChI=1S/C21H17F3N4O3/c22-21(23,24)15-7-4-8-16(11-15)25-18(29)17-13-31-20-26-19(30)27(9-10-28(17)20)12-14-5-2-1-3-6-14/h1-8,11,13H,9-10,12H2,(H,25,29). The fourth-order valence-corrected chi connectivity index (χ4v) is 3.21. The number of aliphatic imine (C=N–C) groups is 1. The molecule has 2 aromatic rings. The highest BCUT2D eigenvalue weighted by Crippen LogP contribution is 2.31. The Morgan fingerprint density at radius 1 is 1.10 bits per heavy atom. The quantitative estimate of drug-likeness (QED) is 0.801. The van der Waals surface area contributed by atoms with E-state index in [1.54, 1.807) is 0 Å². The zero-order valence-corrected chi connectivity index (χ0v) is 16.1. The molecule has 0 saturated carbocycles. The van der Waals surface area contributed by atoms with Crippen LogP contribution in [0.15, 0.2) is 71.5 Å². The molecule has 0 bridgehead atoms. The number of amides is 3. The first-order valence-electron chi connectivity index (χ1n) is 9.36. The number of rotatable bonds is 4. The smallest absolute Gasteiger partial charge is 0.416 e. The summed E-state index contributed by atoms with van der Waals surface area (Å²) < 4.78 is 44.0. The van der Waals surface area contributed by atoms with E-state index in [-0.39, 0.29) is 30.5 Å². The molecule has 160 valence electrons. The van der Waals surface area contributed by atoms with E-state index in [0.717, 1.165) is 24.0 Å². The predicted octanol–water partition coefficient (Wildman–Crippen LogP) is 3.81. The van der Waals surface area contributed by atoms with Crippen LogP contribution in [-0.2, 0) is 22.3 Å². The fourth-order valence-electron chi connectivity index (χ4n) is 3.21. The second kappa shape index (κ2) is 8.13. The summed E-state index contributed by atoms with van der Waals surface area (Å²) in [5.41, 5.74) is 0.0893. The number of nitrogens with zero attached hydrogens (tertiary/aromatic N) is 3. The number of hydrogen-bond acceptors (Lipinski definition) is 4. The molecule has 2 aliphatic heterocycles. The lowest BCUT2D eigenvalue weighted by Gasteiger charge is -2.21. The van der Waals surface area contributed by atoms with Crippen molar-refractivity contribution in [2.24, 2.45) is 4.99 Å². The van der Waals surface area contributed by atoms with Crippen molar-refractivity contribution in [2.45, 2.75) is 12.7 Å². The van der Waals surface area contributed by atoms with Gasteiger partial charge in [-0.1, -0.05) is 36.4 Å². The zero-order chi connectivity index (χ0) is 22.0. The van der Waals surface area contributed by atoms with Gasteiger partial charge in [0.15, 0.2) is 0 Å². The van der Waals surface area contributed by atoms with E-state index >= 15 is 0 Å². The van der Waals surface area contributed by atoms with E-state index in [4.69, 9.17) is 4.74 Å². The maximum atomic E-state index is 12.9. The summed E-state index contributed by atoms with van der Waals surface area (Å²) in [5.74, 6) is -0.673. The third-order valence-corrected chi connectivity index (χ3v) is 4.75. The molecule has 0 atom stereocenters. The van der Waals surface area contributed by atoms with Gasteiger partial charge in [-0.25, -0.2) is 4.79 Å². The number of nitrogens with one attached hydrogen (secondary N) is 1. The number of fused-ring (bicyclic) bond motifs is 1. The highest BCUT2D eigenvalue weighted by atomic mass is 19.4. The van der Waals surface area contributed by atoms with Gasteiger partial charge < -0.3 is 15.0 Å². The van der Waals surface area contributed by atoms with E-state index in [1.807, 2.05) is 30.3 Å². The number of benzene rings is 2. The van der Waals surface area contributed by atoms with Crippen LogP contribution in [0.4, 0.5) is 23.7 Å². The topological polar surface area (TPSA) is 74.2 Å². The van der Waals surface area contributed by atoms with Crippen LogP contribution >= 0.6 is 0 Å². The fraction of sp³-hybridized carbons (Fsp3) is 0.190. The molecule has 1 N–H and O–H groups in total. The zero-order valence-electron chi connectivity index (χ0n) is 16.1. The van der Waals surface area contributed by atoms with E-state index in [2.05, 4.69) is 10.3 Å². The second-order valence-corrected chi connectivity index (χ2v) is 6.89. The van der Waals surface area contributed by atoms with Crippen molar-refractivity contribution in [3.05, 3.63) is 77.7 Å². The first-order valence-corrected chi connectivity index (χ1v) is 9.36. The lowest BCUT2D eigenvalue weighted by molar-refractivity contribution is -0.137. The second-order valence-electron chi connectivity index (χ2n) is 6.89. The Hall–Kier alpha value is -3.82. The first kappa shape index (κ1) is 20.5. The van der Waals surface area contributed by atoms with Gasteiger partial charge >= 0.3 is 18.2 Å². The highest BCUT2D eigenvalue weighted by molar-refractivity contribution is 6.08. The van der Waals surface area contributed by atoms with Crippen LogP contribution in [0.1, 0.15) is 11.1 Å². The molecule has 0 spiro atoms. The minimum Gasteiger partial charge on any atom is -0.431 e. The molecule has 0 saturated heterocycles. The molecule has 2 aromatic carbocycles. The van der Waals surface area contributed by atoms with Crippen molar-refractivity contribution in [1.82, 2.24) is 9.80 Å². The van der Waals surface area contributed by atoms with Crippen LogP contribution in [0.2, 0.25) is 0 Å². The molecule has 7 nitrogen and oxygen atoms in total. The lowest BCUT2D eigenvalue weighted by Crippen LogP contribution is -2.36. The van der Waals surface area contributed by atoms with Gasteiger partial charge in [0, 0.05) is 25.3 Å². The van der Waals surface area contributed by atoms with Crippen LogP contribution in [0, 0.1) is 0 Å². The first-order chi connectivity index (χ1) is 14.8. The molecule has 31 heavy (non-hydrogen) atoms. The maximum absolute atomic E-state index is 12.9. The number of ether oxygens (including phenoxy) is 1. The van der Waals surface area contributed by atoms with Gasteiger partial charge in [-0.05, 0) is 23.8 Å². The molecule has 3 amide bonds. The Kier molecular flexibility index (Phi) is 5.37. The largest absolute Gasteiger partial charge is 0.431 e. The summed E-state index contributed by atoms with van der Waals surface area (Å²) in [6, 6.07) is 13.1. The van der Waals surface area contributed by atoms with Crippen molar-refractivity contribution in [3.63, 3.8) is 0 Å². The van der Waals surface area contributed by atoms with Gasteiger partial charge in [0.1, 0.15) is 12.0 Å². The number of urea groups is 1. The maximum Gasteiger partial charge on any atom is 0.416 e. The van der Waals surface area contributed by atoms with Gasteiger partial charge in [-0.3, -0.25) is 9.69 Å². The summed E-state index contributed by atoms with van der Waals surface area (Å²) in [5, 5.41) is 2.43. The van der Waals surface area contributed by atoms with E-state index < -0.39 is 23.7 Å². The number of amidine groups is 1. The monoisotopic (exact) mass is 430 g/mol. The van der Waals surface area contributed by atoms with E-state index in [0.29, 0.717) is 6.54 Å². The van der Waals surface area contributed by atoms with Gasteiger partial charge in [-0.2, -0.15) is 13.2 Å². The molecule has 10 heteroatoms. The lowest BCUT2D eigenvalue weighted by atomic mass is 10.2. The van der Waals surface area contributed by atoms with E-state index in [1.165, 1.54) is 21.9 Å². The summed E-state index contributed by atoms with van der Waals surface area (Å²) in [7, 11) is 0. The normalized spacial score (nSPS) is 16.2. The average molecular weight is 430 g/mol. The third kappa shape index (κ3) is 4.52. The molecule has 0 aromatic heterocycles. The Morgan fingerprint density at radius 3 is 2.61 bits per heavy atom. The Morgan fingerprint density at radius 2 is 1.87 bits per heavy atom. The molecule has 0 aliphatic carbocycles. The summed E-state index contributed by atoms with van der Waals surface area (Å²) in [6.07, 6.45) is -3.40. The summed E-state index contributed by atoms with van der Waals surface area (Å²) >= 11 is 0. The van der Waals surface area contributed by atoms with Crippen LogP contribution < -0.4 is 5.32 Å². The van der Waals surface area contributed by atoms with Crippen LogP contribution in [0.25, 0.3) is 0 Å². The summed E-state index contributed by atoms with van der Waals surface area (Å²) in [4.78, 5) is 32.0. The number of carbonyl (C=O) groups is 2. The number of anilines is 1. The number of carbonyl (C=O) groups excluding carboxylic acids is 2. The highest BCUT2D eigenvalue weighted by Gasteiger charge is 2.34. The molecule has 0 unspecified atom stereocenters. The Labute approximate surface area is 175 Å². The van der Waals surface area contributed by atoms with Gasteiger partial charge in [0.05, 0.1) is 5.56 Å². The minimum absolute atomic E-state index is 0.0114. The van der Waals surface area contributed by atoms with Crippen molar-refractivity contribution in [3.8, 4) is 0 Å². The van der Waals surface area contributed by atoms with E-state index in [9.17, 15) is 22.8 Å². The van der Waals surface area contributed by atoms with Gasteiger partial charge in [0.25, 0.3) is 5.91 Å². The Balaban J connectivity index is 1.46. The Bertz CT molecular complexity index is 1070. The van der Waals surface area contributed by atoms with Crippen molar-refractivity contribution >= 4 is 23.6 Å². The number of alkyl halides is 3. The average Bonchev–Trinajstić information content (AvgIpc) is 3.07. The molecular formula is C21H17F3N4O3. The molecule has 0 fully saturated rings. The van der Waals surface area contributed by atoms with Crippen LogP contribution in [-0.4, -0.2) is 40.8 Å². The van der Waals surface area contributed by atoms with Gasteiger partial charge in [-0.15, -0.1) is 4.99 Å². The number of hydrogen-bond donors (Lipinski definition) is 1. The van der Waals surface area contributed by atoms with Crippen molar-refractivity contribution in [2.75, 3.05) is 18.4 Å². The SMILES string of the molecule is O=C(Nc1cccc(C(F)(F)F)c1)C1=COC2=NC(=O)N(Cc3ccccc3)CCN12. The van der Waals surface area contributed by atoms with Crippen molar-refractivity contribution < 1.29 is 27.5 Å². The molecule has 2 heterocycles. The molecule has 0 radical (unpaired) electrons. The van der Waals surface area contributed by atoms with Gasteiger partial charge in [0.2, 0.25) is 0 Å². The molecule has 2 aliphatic rings. The number of halogens is 3. The summed E-state index contributed by atoms with van der Waals surface area (Å²) in [6.45, 7) is 0.858. The predicted molar refractivity (Wildman–Crippen MR) is 106 cm³/mol. The molecular weight excluding hydrogens is 413 g/mol.